The van der Waals surface area contributed by atoms with E-state index >= 15 is 0 Å². The van der Waals surface area contributed by atoms with Gasteiger partial charge in [-0.05, 0) is 50.5 Å². The lowest BCUT2D eigenvalue weighted by Crippen LogP contribution is -2.21. The van der Waals surface area contributed by atoms with Crippen LogP contribution in [0.4, 0.5) is 5.69 Å². The molecule has 7 heteroatoms. The van der Waals surface area contributed by atoms with Crippen LogP contribution in [-0.2, 0) is 10.0 Å². The summed E-state index contributed by atoms with van der Waals surface area (Å²) in [6.45, 7) is 1.59. The maximum absolute atomic E-state index is 13.0. The summed E-state index contributed by atoms with van der Waals surface area (Å²) < 4.78 is 27.3. The highest BCUT2D eigenvalue weighted by Crippen LogP contribution is 2.26. The Balaban J connectivity index is 1.95. The van der Waals surface area contributed by atoms with E-state index < -0.39 is 10.0 Å². The minimum Gasteiger partial charge on any atom is -0.384 e. The molecule has 1 heterocycles. The Morgan fingerprint density at radius 3 is 2.68 bits per heavy atom. The predicted molar refractivity (Wildman–Crippen MR) is 103 cm³/mol. The SMILES string of the molecule is CN(C)CCNc1cccc(S(=O)(=O)n2ccc3ccc(Cl)cc32)c1. The molecule has 0 aliphatic heterocycles. The fourth-order valence-corrected chi connectivity index (χ4v) is 4.15. The zero-order valence-electron chi connectivity index (χ0n) is 14.1. The molecule has 25 heavy (non-hydrogen) atoms. The van der Waals surface area contributed by atoms with Crippen LogP contribution in [0.2, 0.25) is 5.02 Å². The first-order valence-corrected chi connectivity index (χ1v) is 9.70. The maximum atomic E-state index is 13.0. The minimum absolute atomic E-state index is 0.236. The van der Waals surface area contributed by atoms with Crippen LogP contribution in [0.3, 0.4) is 0 Å². The van der Waals surface area contributed by atoms with E-state index in [4.69, 9.17) is 11.6 Å². The third-order valence-corrected chi connectivity index (χ3v) is 5.82. The molecule has 0 atom stereocenters. The summed E-state index contributed by atoms with van der Waals surface area (Å²) >= 11 is 6.03. The van der Waals surface area contributed by atoms with Crippen LogP contribution in [0.25, 0.3) is 10.9 Å². The quantitative estimate of drug-likeness (QED) is 0.714. The average molecular weight is 378 g/mol. The first-order valence-electron chi connectivity index (χ1n) is 7.89. The van der Waals surface area contributed by atoms with Crippen molar-refractivity contribution in [1.29, 1.82) is 0 Å². The van der Waals surface area contributed by atoms with Gasteiger partial charge in [-0.15, -0.1) is 0 Å². The standard InChI is InChI=1S/C18H20ClN3O2S/c1-21(2)11-9-20-16-4-3-5-17(13-16)25(23,24)22-10-8-14-6-7-15(19)12-18(14)22/h3-8,10,12-13,20H,9,11H2,1-2H3. The first-order chi connectivity index (χ1) is 11.9. The number of fused-ring (bicyclic) bond motifs is 1. The largest absolute Gasteiger partial charge is 0.384 e. The number of aromatic nitrogens is 1. The van der Waals surface area contributed by atoms with Crippen molar-refractivity contribution >= 4 is 38.2 Å². The fourth-order valence-electron chi connectivity index (χ4n) is 2.59. The third kappa shape index (κ3) is 3.81. The molecule has 5 nitrogen and oxygen atoms in total. The van der Waals surface area contributed by atoms with Crippen LogP contribution in [0.15, 0.2) is 59.6 Å². The molecule has 0 amide bonds. The topological polar surface area (TPSA) is 54.3 Å². The van der Waals surface area contributed by atoms with E-state index in [0.717, 1.165) is 24.2 Å². The van der Waals surface area contributed by atoms with E-state index in [1.165, 1.54) is 3.97 Å². The van der Waals surface area contributed by atoms with Gasteiger partial charge in [0, 0.05) is 35.4 Å². The summed E-state index contributed by atoms with van der Waals surface area (Å²) in [5, 5.41) is 4.57. The van der Waals surface area contributed by atoms with Gasteiger partial charge in [-0.25, -0.2) is 12.4 Å². The summed E-state index contributed by atoms with van der Waals surface area (Å²) in [6, 6.07) is 13.8. The molecule has 0 fully saturated rings. The highest BCUT2D eigenvalue weighted by molar-refractivity contribution is 7.90. The van der Waals surface area contributed by atoms with Gasteiger partial charge in [0.25, 0.3) is 10.0 Å². The van der Waals surface area contributed by atoms with Gasteiger partial charge in [0.05, 0.1) is 10.4 Å². The van der Waals surface area contributed by atoms with Gasteiger partial charge in [-0.2, -0.15) is 0 Å². The molecular formula is C18H20ClN3O2S. The molecule has 0 aliphatic rings. The molecule has 0 unspecified atom stereocenters. The van der Waals surface area contributed by atoms with Crippen LogP contribution in [0, 0.1) is 0 Å². The number of nitrogens with one attached hydrogen (secondary N) is 1. The van der Waals surface area contributed by atoms with Gasteiger partial charge >= 0.3 is 0 Å². The van der Waals surface area contributed by atoms with Gasteiger partial charge < -0.3 is 10.2 Å². The average Bonchev–Trinajstić information content (AvgIpc) is 2.98. The lowest BCUT2D eigenvalue weighted by molar-refractivity contribution is 0.425. The maximum Gasteiger partial charge on any atom is 0.268 e. The molecule has 0 radical (unpaired) electrons. The highest BCUT2D eigenvalue weighted by Gasteiger charge is 2.19. The van der Waals surface area contributed by atoms with Crippen LogP contribution in [0.5, 0.6) is 0 Å². The lowest BCUT2D eigenvalue weighted by atomic mass is 10.2. The summed E-state index contributed by atoms with van der Waals surface area (Å²) in [5.41, 5.74) is 1.34. The van der Waals surface area contributed by atoms with E-state index in [0.29, 0.717) is 10.5 Å². The van der Waals surface area contributed by atoms with E-state index in [-0.39, 0.29) is 4.90 Å². The zero-order valence-corrected chi connectivity index (χ0v) is 15.7. The number of anilines is 1. The Morgan fingerprint density at radius 2 is 1.92 bits per heavy atom. The van der Waals surface area contributed by atoms with E-state index in [9.17, 15) is 8.42 Å². The van der Waals surface area contributed by atoms with Crippen LogP contribution < -0.4 is 5.32 Å². The number of nitrogens with zero attached hydrogens (tertiary/aromatic N) is 2. The number of rotatable bonds is 6. The monoisotopic (exact) mass is 377 g/mol. The molecule has 0 bridgehead atoms. The van der Waals surface area contributed by atoms with Crippen molar-refractivity contribution in [3.8, 4) is 0 Å². The minimum atomic E-state index is -3.70. The van der Waals surface area contributed by atoms with Gasteiger partial charge in [-0.1, -0.05) is 23.7 Å². The Labute approximate surface area is 152 Å². The Bertz CT molecular complexity index is 996. The van der Waals surface area contributed by atoms with Crippen LogP contribution in [0.1, 0.15) is 0 Å². The smallest absolute Gasteiger partial charge is 0.268 e. The second-order valence-electron chi connectivity index (χ2n) is 6.08. The van der Waals surface area contributed by atoms with Crippen LogP contribution >= 0.6 is 11.6 Å². The number of hydrogen-bond donors (Lipinski definition) is 1. The molecule has 0 aliphatic carbocycles. The molecule has 3 aromatic rings. The van der Waals surface area contributed by atoms with E-state index in [1.54, 1.807) is 42.6 Å². The number of hydrogen-bond acceptors (Lipinski definition) is 4. The number of halogens is 1. The third-order valence-electron chi connectivity index (χ3n) is 3.90. The Morgan fingerprint density at radius 1 is 1.12 bits per heavy atom. The number of likely N-dealkylation sites (N-methyl/N-ethyl adjacent to an activating group) is 1. The first kappa shape index (κ1) is 17.8. The molecule has 0 saturated heterocycles. The van der Waals surface area contributed by atoms with Crippen molar-refractivity contribution in [3.63, 3.8) is 0 Å². The van der Waals surface area contributed by atoms with Crippen molar-refractivity contribution in [2.24, 2.45) is 0 Å². The molecule has 1 N–H and O–H groups in total. The van der Waals surface area contributed by atoms with Gasteiger partial charge in [0.2, 0.25) is 0 Å². The van der Waals surface area contributed by atoms with Crippen molar-refractivity contribution in [2.75, 3.05) is 32.5 Å². The Hall–Kier alpha value is -2.02. The fraction of sp³-hybridized carbons (Fsp3) is 0.222. The zero-order chi connectivity index (χ0) is 18.0. The normalized spacial score (nSPS) is 12.0. The Kier molecular flexibility index (Phi) is 5.03. The predicted octanol–water partition coefficient (Wildman–Crippen LogP) is 3.51. The summed E-state index contributed by atoms with van der Waals surface area (Å²) in [7, 11) is 0.287. The molecule has 2 aromatic carbocycles. The van der Waals surface area contributed by atoms with E-state index in [1.807, 2.05) is 26.2 Å². The molecule has 0 spiro atoms. The summed E-state index contributed by atoms with van der Waals surface area (Å²) in [4.78, 5) is 2.29. The summed E-state index contributed by atoms with van der Waals surface area (Å²) in [5.74, 6) is 0. The molecule has 0 saturated carbocycles. The second kappa shape index (κ2) is 7.07. The summed E-state index contributed by atoms with van der Waals surface area (Å²) in [6.07, 6.45) is 1.56. The van der Waals surface area contributed by atoms with Gasteiger partial charge in [0.1, 0.15) is 0 Å². The number of benzene rings is 2. The lowest BCUT2D eigenvalue weighted by Gasteiger charge is -2.13. The second-order valence-corrected chi connectivity index (χ2v) is 8.33. The van der Waals surface area contributed by atoms with Crippen molar-refractivity contribution < 1.29 is 8.42 Å². The van der Waals surface area contributed by atoms with Crippen LogP contribution in [-0.4, -0.2) is 44.5 Å². The molecule has 1 aromatic heterocycles. The van der Waals surface area contributed by atoms with Crippen molar-refractivity contribution in [3.05, 3.63) is 59.8 Å². The van der Waals surface area contributed by atoms with Gasteiger partial charge in [-0.3, -0.25) is 0 Å². The van der Waals surface area contributed by atoms with Crippen molar-refractivity contribution in [2.45, 2.75) is 4.90 Å². The molecule has 3 rings (SSSR count). The van der Waals surface area contributed by atoms with Gasteiger partial charge in [0.15, 0.2) is 0 Å². The van der Waals surface area contributed by atoms with E-state index in [2.05, 4.69) is 10.2 Å². The molecule has 132 valence electrons. The highest BCUT2D eigenvalue weighted by atomic mass is 35.5. The molecular weight excluding hydrogens is 358 g/mol. The van der Waals surface area contributed by atoms with Crippen molar-refractivity contribution in [1.82, 2.24) is 8.87 Å².